The Morgan fingerprint density at radius 3 is 2.56 bits per heavy atom. The molecule has 132 valence electrons. The molecule has 0 fully saturated rings. The van der Waals surface area contributed by atoms with Gasteiger partial charge in [0.2, 0.25) is 0 Å². The number of hydrogen-bond acceptors (Lipinski definition) is 4. The molecule has 2 rings (SSSR count). The standard InChI is InChI=1S/C19H20BrNO4/c1-13(2)16-8-3-4-9-17(16)24-12-19(23)25-11-18(22)21-15-7-5-6-14(20)10-15/h3-10,13H,11-12H2,1-2H3,(H,21,22). The van der Waals surface area contributed by atoms with E-state index in [0.29, 0.717) is 11.4 Å². The SMILES string of the molecule is CC(C)c1ccccc1OCC(=O)OCC(=O)Nc1cccc(Br)c1. The molecule has 0 saturated carbocycles. The number of carbonyl (C=O) groups excluding carboxylic acids is 2. The van der Waals surface area contributed by atoms with Crippen molar-refractivity contribution in [3.63, 3.8) is 0 Å². The van der Waals surface area contributed by atoms with Gasteiger partial charge in [-0.2, -0.15) is 0 Å². The van der Waals surface area contributed by atoms with Crippen LogP contribution in [0.2, 0.25) is 0 Å². The minimum absolute atomic E-state index is 0.242. The fourth-order valence-corrected chi connectivity index (χ4v) is 2.58. The summed E-state index contributed by atoms with van der Waals surface area (Å²) in [5.74, 6) is -0.0757. The Balaban J connectivity index is 1.78. The molecule has 0 aliphatic carbocycles. The fourth-order valence-electron chi connectivity index (χ4n) is 2.18. The van der Waals surface area contributed by atoms with Gasteiger partial charge in [0.15, 0.2) is 13.2 Å². The van der Waals surface area contributed by atoms with E-state index in [4.69, 9.17) is 9.47 Å². The first-order chi connectivity index (χ1) is 12.0. The minimum Gasteiger partial charge on any atom is -0.482 e. The van der Waals surface area contributed by atoms with Gasteiger partial charge in [0.25, 0.3) is 5.91 Å². The molecule has 0 aromatic heterocycles. The first kappa shape index (κ1) is 19.0. The zero-order valence-electron chi connectivity index (χ0n) is 14.1. The monoisotopic (exact) mass is 405 g/mol. The van der Waals surface area contributed by atoms with Crippen LogP contribution in [0.4, 0.5) is 5.69 Å². The number of halogens is 1. The van der Waals surface area contributed by atoms with Crippen LogP contribution in [-0.2, 0) is 14.3 Å². The number of para-hydroxylation sites is 1. The Bertz CT molecular complexity index is 746. The van der Waals surface area contributed by atoms with Crippen molar-refractivity contribution in [2.24, 2.45) is 0 Å². The normalized spacial score (nSPS) is 10.4. The highest BCUT2D eigenvalue weighted by Crippen LogP contribution is 2.25. The second-order valence-corrected chi connectivity index (χ2v) is 6.62. The largest absolute Gasteiger partial charge is 0.482 e. The second-order valence-electron chi connectivity index (χ2n) is 5.70. The molecule has 0 heterocycles. The van der Waals surface area contributed by atoms with Crippen molar-refractivity contribution >= 4 is 33.5 Å². The predicted molar refractivity (Wildman–Crippen MR) is 99.8 cm³/mol. The quantitative estimate of drug-likeness (QED) is 0.703. The van der Waals surface area contributed by atoms with Gasteiger partial charge in [-0.25, -0.2) is 4.79 Å². The van der Waals surface area contributed by atoms with Crippen LogP contribution in [0.5, 0.6) is 5.75 Å². The summed E-state index contributed by atoms with van der Waals surface area (Å²) >= 11 is 3.32. The molecular formula is C19H20BrNO4. The lowest BCUT2D eigenvalue weighted by Gasteiger charge is -2.13. The van der Waals surface area contributed by atoms with Gasteiger partial charge < -0.3 is 14.8 Å². The average Bonchev–Trinajstić information content (AvgIpc) is 2.58. The smallest absolute Gasteiger partial charge is 0.344 e. The zero-order valence-corrected chi connectivity index (χ0v) is 15.7. The molecule has 0 bridgehead atoms. The Labute approximate surface area is 155 Å². The van der Waals surface area contributed by atoms with Crippen LogP contribution in [0, 0.1) is 0 Å². The summed E-state index contributed by atoms with van der Waals surface area (Å²) in [5, 5.41) is 2.65. The van der Waals surface area contributed by atoms with Crippen LogP contribution in [-0.4, -0.2) is 25.1 Å². The van der Waals surface area contributed by atoms with E-state index >= 15 is 0 Å². The van der Waals surface area contributed by atoms with Crippen LogP contribution >= 0.6 is 15.9 Å². The molecule has 0 saturated heterocycles. The van der Waals surface area contributed by atoms with Gasteiger partial charge in [-0.05, 0) is 35.7 Å². The van der Waals surface area contributed by atoms with Crippen molar-refractivity contribution in [1.29, 1.82) is 0 Å². The molecule has 0 atom stereocenters. The summed E-state index contributed by atoms with van der Waals surface area (Å²) in [6.07, 6.45) is 0. The highest BCUT2D eigenvalue weighted by Gasteiger charge is 2.11. The van der Waals surface area contributed by atoms with Gasteiger partial charge in [-0.15, -0.1) is 0 Å². The molecule has 1 N–H and O–H groups in total. The van der Waals surface area contributed by atoms with E-state index in [1.54, 1.807) is 18.2 Å². The maximum Gasteiger partial charge on any atom is 0.344 e. The maximum atomic E-state index is 11.8. The third-order valence-electron chi connectivity index (χ3n) is 3.36. The van der Waals surface area contributed by atoms with Crippen molar-refractivity contribution in [2.75, 3.05) is 18.5 Å². The summed E-state index contributed by atoms with van der Waals surface area (Å²) in [5.41, 5.74) is 1.64. The van der Waals surface area contributed by atoms with E-state index in [1.165, 1.54) is 0 Å². The van der Waals surface area contributed by atoms with Crippen molar-refractivity contribution in [3.05, 3.63) is 58.6 Å². The lowest BCUT2D eigenvalue weighted by molar-refractivity contribution is -0.149. The Kier molecular flexibility index (Phi) is 7.01. The van der Waals surface area contributed by atoms with Crippen LogP contribution in [0.15, 0.2) is 53.0 Å². The summed E-state index contributed by atoms with van der Waals surface area (Å²) in [7, 11) is 0. The maximum absolute atomic E-state index is 11.8. The lowest BCUT2D eigenvalue weighted by atomic mass is 10.0. The predicted octanol–water partition coefficient (Wildman–Crippen LogP) is 4.13. The summed E-state index contributed by atoms with van der Waals surface area (Å²) in [4.78, 5) is 23.6. The molecule has 2 aromatic rings. The van der Waals surface area contributed by atoms with E-state index in [1.807, 2.05) is 44.2 Å². The average molecular weight is 406 g/mol. The van der Waals surface area contributed by atoms with Crippen LogP contribution in [0.1, 0.15) is 25.3 Å². The molecule has 1 amide bonds. The number of anilines is 1. The van der Waals surface area contributed by atoms with Crippen molar-refractivity contribution in [1.82, 2.24) is 0 Å². The molecule has 0 radical (unpaired) electrons. The number of esters is 1. The number of ether oxygens (including phenoxy) is 2. The van der Waals surface area contributed by atoms with Gasteiger partial charge in [0.1, 0.15) is 5.75 Å². The zero-order chi connectivity index (χ0) is 18.2. The van der Waals surface area contributed by atoms with E-state index in [0.717, 1.165) is 10.0 Å². The van der Waals surface area contributed by atoms with Gasteiger partial charge in [-0.3, -0.25) is 4.79 Å². The Morgan fingerprint density at radius 2 is 1.84 bits per heavy atom. The second kappa shape index (κ2) is 9.22. The number of amides is 1. The number of nitrogens with one attached hydrogen (secondary N) is 1. The third kappa shape index (κ3) is 6.23. The Hall–Kier alpha value is -2.34. The van der Waals surface area contributed by atoms with Crippen LogP contribution < -0.4 is 10.1 Å². The topological polar surface area (TPSA) is 64.6 Å². The summed E-state index contributed by atoms with van der Waals surface area (Å²) in [6, 6.07) is 14.7. The number of benzene rings is 2. The Morgan fingerprint density at radius 1 is 1.08 bits per heavy atom. The molecule has 0 aliphatic heterocycles. The third-order valence-corrected chi connectivity index (χ3v) is 3.85. The minimum atomic E-state index is -0.594. The van der Waals surface area contributed by atoms with Gasteiger partial charge in [-0.1, -0.05) is 54.0 Å². The fraction of sp³-hybridized carbons (Fsp3) is 0.263. The van der Waals surface area contributed by atoms with Gasteiger partial charge in [0.05, 0.1) is 0 Å². The number of rotatable bonds is 7. The molecular weight excluding hydrogens is 386 g/mol. The lowest BCUT2D eigenvalue weighted by Crippen LogP contribution is -2.23. The van der Waals surface area contributed by atoms with Crippen molar-refractivity contribution < 1.29 is 19.1 Å². The van der Waals surface area contributed by atoms with E-state index in [-0.39, 0.29) is 19.1 Å². The van der Waals surface area contributed by atoms with Gasteiger partial charge >= 0.3 is 5.97 Å². The van der Waals surface area contributed by atoms with Crippen LogP contribution in [0.3, 0.4) is 0 Å². The van der Waals surface area contributed by atoms with E-state index in [9.17, 15) is 9.59 Å². The molecule has 25 heavy (non-hydrogen) atoms. The molecule has 6 heteroatoms. The first-order valence-corrected chi connectivity index (χ1v) is 8.68. The van der Waals surface area contributed by atoms with Gasteiger partial charge in [0, 0.05) is 10.2 Å². The van der Waals surface area contributed by atoms with Crippen LogP contribution in [0.25, 0.3) is 0 Å². The molecule has 2 aromatic carbocycles. The summed E-state index contributed by atoms with van der Waals surface area (Å²) < 4.78 is 11.3. The highest BCUT2D eigenvalue weighted by molar-refractivity contribution is 9.10. The highest BCUT2D eigenvalue weighted by atomic mass is 79.9. The van der Waals surface area contributed by atoms with E-state index in [2.05, 4.69) is 21.2 Å². The molecule has 0 spiro atoms. The van der Waals surface area contributed by atoms with E-state index < -0.39 is 11.9 Å². The number of carbonyl (C=O) groups is 2. The molecule has 5 nitrogen and oxygen atoms in total. The van der Waals surface area contributed by atoms with Crippen molar-refractivity contribution in [2.45, 2.75) is 19.8 Å². The van der Waals surface area contributed by atoms with Crippen molar-refractivity contribution in [3.8, 4) is 5.75 Å². The first-order valence-electron chi connectivity index (χ1n) is 7.88. The molecule has 0 unspecified atom stereocenters. The molecule has 0 aliphatic rings. The summed E-state index contributed by atoms with van der Waals surface area (Å²) in [6.45, 7) is 3.49. The number of hydrogen-bond donors (Lipinski definition) is 1.